The third kappa shape index (κ3) is 3.59. The van der Waals surface area contributed by atoms with E-state index in [0.29, 0.717) is 11.4 Å². The van der Waals surface area contributed by atoms with Crippen molar-refractivity contribution in [1.82, 2.24) is 0 Å². The third-order valence-electron chi connectivity index (χ3n) is 3.09. The number of rotatable bonds is 5. The summed E-state index contributed by atoms with van der Waals surface area (Å²) in [7, 11) is 3.26. The van der Waals surface area contributed by atoms with Gasteiger partial charge in [0.25, 0.3) is 0 Å². The third-order valence-corrected chi connectivity index (χ3v) is 3.81. The van der Waals surface area contributed by atoms with Crippen LogP contribution in [0.15, 0.2) is 42.5 Å². The highest BCUT2D eigenvalue weighted by Gasteiger charge is 2.13. The Hall–Kier alpha value is -1.38. The zero-order valence-electron chi connectivity index (χ0n) is 11.4. The quantitative estimate of drug-likeness (QED) is 0.733. The standard InChI is InChI=1S/C16H16Cl2O2/c1-19-12-5-3-4-11(8-12)9-15(17)14-7-6-13(20-2)10-16(14)18/h3-8,10,15H,9H2,1-2H3. The molecule has 4 heteroatoms. The Morgan fingerprint density at radius 3 is 2.35 bits per heavy atom. The van der Waals surface area contributed by atoms with Gasteiger partial charge in [-0.25, -0.2) is 0 Å². The number of hydrogen-bond donors (Lipinski definition) is 0. The minimum atomic E-state index is -0.194. The van der Waals surface area contributed by atoms with Gasteiger partial charge in [0.15, 0.2) is 0 Å². The molecule has 0 bridgehead atoms. The summed E-state index contributed by atoms with van der Waals surface area (Å²) >= 11 is 12.7. The van der Waals surface area contributed by atoms with Crippen LogP contribution in [-0.2, 0) is 6.42 Å². The normalized spacial score (nSPS) is 12.0. The Labute approximate surface area is 129 Å². The van der Waals surface area contributed by atoms with Crippen LogP contribution in [0.1, 0.15) is 16.5 Å². The molecule has 106 valence electrons. The molecule has 0 spiro atoms. The van der Waals surface area contributed by atoms with Gasteiger partial charge in [0.05, 0.1) is 19.6 Å². The number of methoxy groups -OCH3 is 2. The van der Waals surface area contributed by atoms with Gasteiger partial charge in [-0.1, -0.05) is 29.8 Å². The molecule has 1 unspecified atom stereocenters. The number of hydrogen-bond acceptors (Lipinski definition) is 2. The summed E-state index contributed by atoms with van der Waals surface area (Å²) in [6.07, 6.45) is 0.685. The first-order valence-electron chi connectivity index (χ1n) is 6.24. The van der Waals surface area contributed by atoms with E-state index in [-0.39, 0.29) is 5.38 Å². The molecule has 0 N–H and O–H groups in total. The molecule has 2 nitrogen and oxygen atoms in total. The van der Waals surface area contributed by atoms with Gasteiger partial charge in [-0.2, -0.15) is 0 Å². The summed E-state index contributed by atoms with van der Waals surface area (Å²) < 4.78 is 10.3. The van der Waals surface area contributed by atoms with Crippen molar-refractivity contribution in [1.29, 1.82) is 0 Å². The van der Waals surface area contributed by atoms with E-state index < -0.39 is 0 Å². The molecule has 0 saturated heterocycles. The van der Waals surface area contributed by atoms with Crippen LogP contribution in [0.25, 0.3) is 0 Å². The molecule has 2 rings (SSSR count). The molecule has 0 aliphatic rings. The minimum absolute atomic E-state index is 0.194. The molecule has 0 saturated carbocycles. The lowest BCUT2D eigenvalue weighted by Gasteiger charge is -2.13. The van der Waals surface area contributed by atoms with E-state index in [9.17, 15) is 0 Å². The predicted octanol–water partition coefficient (Wildman–Crippen LogP) is 4.88. The van der Waals surface area contributed by atoms with Crippen molar-refractivity contribution < 1.29 is 9.47 Å². The van der Waals surface area contributed by atoms with E-state index in [1.54, 1.807) is 20.3 Å². The van der Waals surface area contributed by atoms with Crippen LogP contribution in [-0.4, -0.2) is 14.2 Å². The lowest BCUT2D eigenvalue weighted by atomic mass is 10.0. The largest absolute Gasteiger partial charge is 0.497 e. The first-order valence-corrected chi connectivity index (χ1v) is 7.06. The Balaban J connectivity index is 2.16. The molecule has 0 fully saturated rings. The van der Waals surface area contributed by atoms with Crippen LogP contribution in [0.2, 0.25) is 5.02 Å². The van der Waals surface area contributed by atoms with E-state index in [2.05, 4.69) is 0 Å². The van der Waals surface area contributed by atoms with Gasteiger partial charge in [-0.3, -0.25) is 0 Å². The Bertz CT molecular complexity index is 584. The van der Waals surface area contributed by atoms with Crippen molar-refractivity contribution >= 4 is 23.2 Å². The van der Waals surface area contributed by atoms with E-state index in [0.717, 1.165) is 22.6 Å². The second kappa shape index (κ2) is 6.87. The van der Waals surface area contributed by atoms with Crippen molar-refractivity contribution in [3.63, 3.8) is 0 Å². The Morgan fingerprint density at radius 1 is 1.00 bits per heavy atom. The smallest absolute Gasteiger partial charge is 0.120 e. The van der Waals surface area contributed by atoms with E-state index in [1.165, 1.54) is 0 Å². The van der Waals surface area contributed by atoms with Crippen LogP contribution < -0.4 is 9.47 Å². The summed E-state index contributed by atoms with van der Waals surface area (Å²) in [5.41, 5.74) is 2.01. The molecule has 2 aromatic rings. The summed E-state index contributed by atoms with van der Waals surface area (Å²) in [4.78, 5) is 0. The lowest BCUT2D eigenvalue weighted by molar-refractivity contribution is 0.414. The van der Waals surface area contributed by atoms with Crippen LogP contribution in [0.4, 0.5) is 0 Å². The van der Waals surface area contributed by atoms with E-state index in [1.807, 2.05) is 36.4 Å². The van der Waals surface area contributed by atoms with Crippen LogP contribution >= 0.6 is 23.2 Å². The zero-order chi connectivity index (χ0) is 14.5. The maximum atomic E-state index is 6.47. The molecule has 2 aromatic carbocycles. The van der Waals surface area contributed by atoms with Gasteiger partial charge >= 0.3 is 0 Å². The average molecular weight is 311 g/mol. The van der Waals surface area contributed by atoms with Crippen molar-refractivity contribution in [3.8, 4) is 11.5 Å². The second-order valence-electron chi connectivity index (χ2n) is 4.41. The van der Waals surface area contributed by atoms with Crippen molar-refractivity contribution in [2.24, 2.45) is 0 Å². The SMILES string of the molecule is COc1cccc(CC(Cl)c2ccc(OC)cc2Cl)c1. The van der Waals surface area contributed by atoms with Gasteiger partial charge < -0.3 is 9.47 Å². The van der Waals surface area contributed by atoms with E-state index in [4.69, 9.17) is 32.7 Å². The molecule has 0 aliphatic carbocycles. The maximum Gasteiger partial charge on any atom is 0.120 e. The van der Waals surface area contributed by atoms with Gasteiger partial charge in [-0.15, -0.1) is 11.6 Å². The van der Waals surface area contributed by atoms with Crippen LogP contribution in [0.5, 0.6) is 11.5 Å². The molecule has 20 heavy (non-hydrogen) atoms. The highest BCUT2D eigenvalue weighted by atomic mass is 35.5. The summed E-state index contributed by atoms with van der Waals surface area (Å²) in [5.74, 6) is 1.55. The van der Waals surface area contributed by atoms with Gasteiger partial charge in [0, 0.05) is 5.02 Å². The number of benzene rings is 2. The Morgan fingerprint density at radius 2 is 1.70 bits per heavy atom. The average Bonchev–Trinajstić information content (AvgIpc) is 2.47. The highest BCUT2D eigenvalue weighted by Crippen LogP contribution is 2.33. The Kier molecular flexibility index (Phi) is 5.16. The summed E-state index contributed by atoms with van der Waals surface area (Å²) in [6, 6.07) is 13.4. The topological polar surface area (TPSA) is 18.5 Å². The van der Waals surface area contributed by atoms with Crippen LogP contribution in [0.3, 0.4) is 0 Å². The van der Waals surface area contributed by atoms with Gasteiger partial charge in [0.1, 0.15) is 11.5 Å². The molecule has 1 atom stereocenters. The van der Waals surface area contributed by atoms with Crippen LogP contribution in [0, 0.1) is 0 Å². The van der Waals surface area contributed by atoms with Gasteiger partial charge in [0.2, 0.25) is 0 Å². The molecule has 0 radical (unpaired) electrons. The summed E-state index contributed by atoms with van der Waals surface area (Å²) in [6.45, 7) is 0. The van der Waals surface area contributed by atoms with Gasteiger partial charge in [-0.05, 0) is 41.8 Å². The molecular weight excluding hydrogens is 295 g/mol. The fraction of sp³-hybridized carbons (Fsp3) is 0.250. The number of halogens is 2. The summed E-state index contributed by atoms with van der Waals surface area (Å²) in [5, 5.41) is 0.424. The van der Waals surface area contributed by atoms with Crippen molar-refractivity contribution in [2.75, 3.05) is 14.2 Å². The second-order valence-corrected chi connectivity index (χ2v) is 5.34. The molecular formula is C16H16Cl2O2. The van der Waals surface area contributed by atoms with Crippen molar-refractivity contribution in [2.45, 2.75) is 11.8 Å². The molecule has 0 heterocycles. The fourth-order valence-electron chi connectivity index (χ4n) is 2.01. The lowest BCUT2D eigenvalue weighted by Crippen LogP contribution is -1.98. The highest BCUT2D eigenvalue weighted by molar-refractivity contribution is 6.33. The minimum Gasteiger partial charge on any atom is -0.497 e. The molecule has 0 amide bonds. The number of ether oxygens (including phenoxy) is 2. The zero-order valence-corrected chi connectivity index (χ0v) is 12.9. The fourth-order valence-corrected chi connectivity index (χ4v) is 2.73. The monoisotopic (exact) mass is 310 g/mol. The first kappa shape index (κ1) is 15.0. The number of alkyl halides is 1. The van der Waals surface area contributed by atoms with E-state index >= 15 is 0 Å². The molecule has 0 aliphatic heterocycles. The van der Waals surface area contributed by atoms with Crippen molar-refractivity contribution in [3.05, 3.63) is 58.6 Å². The molecule has 0 aromatic heterocycles. The maximum absolute atomic E-state index is 6.47. The predicted molar refractivity (Wildman–Crippen MR) is 83.3 cm³/mol. The first-order chi connectivity index (χ1) is 9.63.